The van der Waals surface area contributed by atoms with E-state index in [9.17, 15) is 22.0 Å². The smallest absolute Gasteiger partial charge is 0.200 e. The Balaban J connectivity index is 2.50. The van der Waals surface area contributed by atoms with Crippen molar-refractivity contribution in [1.29, 1.82) is 0 Å². The Morgan fingerprint density at radius 1 is 0.900 bits per heavy atom. The van der Waals surface area contributed by atoms with Crippen molar-refractivity contribution < 1.29 is 26.4 Å². The normalized spacial score (nSPS) is 11.1. The third-order valence-corrected chi connectivity index (χ3v) is 2.67. The molecule has 0 aliphatic carbocycles. The Bertz CT molecular complexity index is 609. The summed E-state index contributed by atoms with van der Waals surface area (Å²) in [6.45, 7) is 2.76. The van der Waals surface area contributed by atoms with Crippen LogP contribution in [0, 0.1) is 29.1 Å². The highest BCUT2D eigenvalue weighted by molar-refractivity contribution is 5.60. The summed E-state index contributed by atoms with van der Waals surface area (Å²) in [5, 5.41) is 2.90. The average Bonchev–Trinajstić information content (AvgIpc) is 2.89. The average molecular weight is 291 g/mol. The maximum Gasteiger partial charge on any atom is 0.200 e. The maximum absolute atomic E-state index is 13.6. The Hall–Kier alpha value is -1.89. The predicted molar refractivity (Wildman–Crippen MR) is 61.3 cm³/mol. The van der Waals surface area contributed by atoms with Crippen LogP contribution in [-0.4, -0.2) is 6.54 Å². The molecular weight excluding hydrogens is 281 g/mol. The van der Waals surface area contributed by atoms with Crippen LogP contribution in [-0.2, 0) is 6.54 Å². The highest BCUT2D eigenvalue weighted by atomic mass is 19.2. The Kier molecular flexibility index (Phi) is 4.08. The summed E-state index contributed by atoms with van der Waals surface area (Å²) in [6, 6.07) is 2.56. The molecule has 1 N–H and O–H groups in total. The fourth-order valence-corrected chi connectivity index (χ4v) is 1.68. The molecule has 0 unspecified atom stereocenters. The van der Waals surface area contributed by atoms with E-state index >= 15 is 0 Å². The molecule has 0 radical (unpaired) electrons. The summed E-state index contributed by atoms with van der Waals surface area (Å²) in [7, 11) is 0. The highest BCUT2D eigenvalue weighted by Crippen LogP contribution is 2.32. The number of benzene rings is 1. The van der Waals surface area contributed by atoms with E-state index in [-0.39, 0.29) is 6.54 Å². The zero-order valence-corrected chi connectivity index (χ0v) is 10.4. The number of halogens is 5. The lowest BCUT2D eigenvalue weighted by Gasteiger charge is -2.05. The molecule has 0 spiro atoms. The largest absolute Gasteiger partial charge is 0.460 e. The molecule has 0 saturated carbocycles. The number of rotatable bonds is 4. The molecule has 0 aliphatic rings. The van der Waals surface area contributed by atoms with Crippen LogP contribution in [0.3, 0.4) is 0 Å². The predicted octanol–water partition coefficient (Wildman–Crippen LogP) is 3.75. The van der Waals surface area contributed by atoms with E-state index in [1.54, 1.807) is 0 Å². The molecule has 0 bridgehead atoms. The second-order valence-corrected chi connectivity index (χ2v) is 3.99. The van der Waals surface area contributed by atoms with Gasteiger partial charge in [0.15, 0.2) is 23.3 Å². The van der Waals surface area contributed by atoms with Gasteiger partial charge in [-0.25, -0.2) is 22.0 Å². The van der Waals surface area contributed by atoms with E-state index in [4.69, 9.17) is 4.42 Å². The molecule has 1 aromatic heterocycles. The first-order valence-electron chi connectivity index (χ1n) is 5.78. The van der Waals surface area contributed by atoms with Gasteiger partial charge < -0.3 is 9.73 Å². The van der Waals surface area contributed by atoms with Crippen LogP contribution in [0.5, 0.6) is 0 Å². The molecule has 0 fully saturated rings. The topological polar surface area (TPSA) is 25.2 Å². The highest BCUT2D eigenvalue weighted by Gasteiger charge is 2.28. The first-order valence-corrected chi connectivity index (χ1v) is 5.78. The van der Waals surface area contributed by atoms with Crippen molar-refractivity contribution in [3.63, 3.8) is 0 Å². The zero-order valence-electron chi connectivity index (χ0n) is 10.4. The van der Waals surface area contributed by atoms with Crippen LogP contribution >= 0.6 is 0 Å². The van der Waals surface area contributed by atoms with Gasteiger partial charge in [0.2, 0.25) is 5.82 Å². The van der Waals surface area contributed by atoms with Crippen molar-refractivity contribution >= 4 is 0 Å². The van der Waals surface area contributed by atoms with E-state index in [2.05, 4.69) is 5.32 Å². The van der Waals surface area contributed by atoms with Crippen molar-refractivity contribution in [2.45, 2.75) is 13.5 Å². The third-order valence-electron chi connectivity index (χ3n) is 2.67. The lowest BCUT2D eigenvalue weighted by atomic mass is 10.1. The van der Waals surface area contributed by atoms with Gasteiger partial charge in [0.25, 0.3) is 0 Å². The molecule has 0 saturated heterocycles. The molecule has 0 aliphatic heterocycles. The molecule has 1 aromatic carbocycles. The lowest BCUT2D eigenvalue weighted by Crippen LogP contribution is -2.10. The van der Waals surface area contributed by atoms with Crippen LogP contribution in [0.4, 0.5) is 22.0 Å². The minimum atomic E-state index is -2.19. The second kappa shape index (κ2) is 5.62. The number of hydrogen-bond donors (Lipinski definition) is 1. The van der Waals surface area contributed by atoms with Gasteiger partial charge in [-0.1, -0.05) is 6.92 Å². The second-order valence-electron chi connectivity index (χ2n) is 3.99. The van der Waals surface area contributed by atoms with Crippen molar-refractivity contribution in [2.24, 2.45) is 0 Å². The van der Waals surface area contributed by atoms with Gasteiger partial charge in [0.05, 0.1) is 12.1 Å². The number of furan rings is 1. The van der Waals surface area contributed by atoms with Gasteiger partial charge in [-0.2, -0.15) is 0 Å². The van der Waals surface area contributed by atoms with Crippen LogP contribution in [0.1, 0.15) is 12.7 Å². The van der Waals surface area contributed by atoms with Crippen molar-refractivity contribution in [3.8, 4) is 11.3 Å². The number of nitrogens with one attached hydrogen (secondary N) is 1. The first kappa shape index (κ1) is 14.5. The fraction of sp³-hybridized carbons (Fsp3) is 0.231. The molecule has 1 heterocycles. The minimum absolute atomic E-state index is 0.284. The van der Waals surface area contributed by atoms with Crippen LogP contribution < -0.4 is 5.32 Å². The van der Waals surface area contributed by atoms with Crippen LogP contribution in [0.25, 0.3) is 11.3 Å². The summed E-state index contributed by atoms with van der Waals surface area (Å²) < 4.78 is 71.3. The molecule has 0 amide bonds. The molecule has 2 rings (SSSR count). The van der Waals surface area contributed by atoms with Gasteiger partial charge in [-0.05, 0) is 18.7 Å². The van der Waals surface area contributed by atoms with E-state index in [0.29, 0.717) is 12.3 Å². The molecule has 20 heavy (non-hydrogen) atoms. The Labute approximate surface area is 111 Å². The molecular formula is C13H10F5NO. The van der Waals surface area contributed by atoms with Gasteiger partial charge >= 0.3 is 0 Å². The summed E-state index contributed by atoms with van der Waals surface area (Å²) >= 11 is 0. The van der Waals surface area contributed by atoms with Crippen molar-refractivity contribution in [3.05, 3.63) is 47.0 Å². The van der Waals surface area contributed by atoms with Crippen LogP contribution in [0.2, 0.25) is 0 Å². The van der Waals surface area contributed by atoms with E-state index in [1.807, 2.05) is 6.92 Å². The number of hydrogen-bond acceptors (Lipinski definition) is 2. The molecule has 108 valence electrons. The standard InChI is InChI=1S/C13H10F5NO/c1-2-19-5-6-3-4-7(20-6)8-9(14)11(16)13(18)12(17)10(8)15/h3-4,19H,2,5H2,1H3. The van der Waals surface area contributed by atoms with Gasteiger partial charge in [0, 0.05) is 0 Å². The van der Waals surface area contributed by atoms with Crippen LogP contribution in [0.15, 0.2) is 16.5 Å². The SMILES string of the molecule is CCNCc1ccc(-c2c(F)c(F)c(F)c(F)c2F)o1. The quantitative estimate of drug-likeness (QED) is 0.527. The van der Waals surface area contributed by atoms with Gasteiger partial charge in [0.1, 0.15) is 11.5 Å². The van der Waals surface area contributed by atoms with Crippen molar-refractivity contribution in [1.82, 2.24) is 5.32 Å². The molecule has 0 atom stereocenters. The van der Waals surface area contributed by atoms with Gasteiger partial charge in [-0.15, -0.1) is 0 Å². The first-order chi connectivity index (χ1) is 9.47. The van der Waals surface area contributed by atoms with Gasteiger partial charge in [-0.3, -0.25) is 0 Å². The lowest BCUT2D eigenvalue weighted by molar-refractivity contribution is 0.378. The summed E-state index contributed by atoms with van der Waals surface area (Å²) in [6.07, 6.45) is 0. The molecule has 2 nitrogen and oxygen atoms in total. The van der Waals surface area contributed by atoms with Crippen molar-refractivity contribution in [2.75, 3.05) is 6.54 Å². The van der Waals surface area contributed by atoms with E-state index in [0.717, 1.165) is 6.07 Å². The zero-order chi connectivity index (χ0) is 14.9. The Morgan fingerprint density at radius 3 is 2.00 bits per heavy atom. The monoisotopic (exact) mass is 291 g/mol. The minimum Gasteiger partial charge on any atom is -0.460 e. The third kappa shape index (κ3) is 2.40. The van der Waals surface area contributed by atoms with E-state index < -0.39 is 40.4 Å². The summed E-state index contributed by atoms with van der Waals surface area (Å²) in [5.41, 5.74) is -1.07. The fourth-order valence-electron chi connectivity index (χ4n) is 1.68. The molecule has 7 heteroatoms. The van der Waals surface area contributed by atoms with E-state index in [1.165, 1.54) is 6.07 Å². The summed E-state index contributed by atoms with van der Waals surface area (Å²) in [5.74, 6) is -10.1. The summed E-state index contributed by atoms with van der Waals surface area (Å²) in [4.78, 5) is 0. The molecule has 2 aromatic rings. The Morgan fingerprint density at radius 2 is 1.45 bits per heavy atom. The maximum atomic E-state index is 13.6.